The highest BCUT2D eigenvalue weighted by Gasteiger charge is 2.42. The number of nitrogens with one attached hydrogen (secondary N) is 2. The van der Waals surface area contributed by atoms with Crippen molar-refractivity contribution in [1.29, 1.82) is 0 Å². The molecule has 0 bridgehead atoms. The summed E-state index contributed by atoms with van der Waals surface area (Å²) >= 11 is 0. The molecule has 0 spiro atoms. The number of carbonyl (C=O) groups is 1. The lowest BCUT2D eigenvalue weighted by Gasteiger charge is -2.31. The summed E-state index contributed by atoms with van der Waals surface area (Å²) in [5, 5.41) is 6.68. The van der Waals surface area contributed by atoms with Crippen molar-refractivity contribution in [1.82, 2.24) is 15.5 Å². The molecule has 2 N–H and O–H groups in total. The van der Waals surface area contributed by atoms with E-state index in [0.717, 1.165) is 37.0 Å². The van der Waals surface area contributed by atoms with Gasteiger partial charge in [-0.1, -0.05) is 25.0 Å². The van der Waals surface area contributed by atoms with E-state index in [0.29, 0.717) is 25.7 Å². The number of carbonyl (C=O) groups excluding carboxylic acids is 1. The number of ether oxygens (including phenoxy) is 1. The molecule has 144 valence electrons. The molecule has 1 aliphatic rings. The van der Waals surface area contributed by atoms with E-state index < -0.39 is 0 Å². The van der Waals surface area contributed by atoms with Gasteiger partial charge in [-0.05, 0) is 37.5 Å². The third-order valence-corrected chi connectivity index (χ3v) is 4.91. The molecule has 1 aromatic carbocycles. The largest absolute Gasteiger partial charge is 0.494 e. The van der Waals surface area contributed by atoms with E-state index in [1.54, 1.807) is 11.9 Å². The highest BCUT2D eigenvalue weighted by atomic mass is 16.5. The molecule has 0 aliphatic heterocycles. The first kappa shape index (κ1) is 20.1. The SMILES string of the molecule is CCOc1cccc(CNC(=NC)NCC2(C(=O)N(C)C)CCCC2)c1. The quantitative estimate of drug-likeness (QED) is 0.579. The number of aliphatic imine (C=N–C) groups is 1. The second-order valence-corrected chi connectivity index (χ2v) is 7.05. The lowest BCUT2D eigenvalue weighted by molar-refractivity contribution is -0.138. The third kappa shape index (κ3) is 5.13. The van der Waals surface area contributed by atoms with Crippen LogP contribution in [0.1, 0.15) is 38.2 Å². The van der Waals surface area contributed by atoms with Gasteiger partial charge in [-0.2, -0.15) is 0 Å². The van der Waals surface area contributed by atoms with Crippen LogP contribution in [0.15, 0.2) is 29.3 Å². The van der Waals surface area contributed by atoms with Gasteiger partial charge >= 0.3 is 0 Å². The summed E-state index contributed by atoms with van der Waals surface area (Å²) in [7, 11) is 5.42. The second kappa shape index (κ2) is 9.46. The van der Waals surface area contributed by atoms with Crippen molar-refractivity contribution in [2.75, 3.05) is 34.3 Å². The van der Waals surface area contributed by atoms with Gasteiger partial charge in [0.05, 0.1) is 12.0 Å². The molecule has 1 saturated carbocycles. The molecule has 1 fully saturated rings. The molecule has 0 saturated heterocycles. The summed E-state index contributed by atoms with van der Waals surface area (Å²) in [6.45, 7) is 3.89. The molecule has 6 heteroatoms. The highest BCUT2D eigenvalue weighted by Crippen LogP contribution is 2.38. The van der Waals surface area contributed by atoms with Gasteiger partial charge < -0.3 is 20.3 Å². The first-order chi connectivity index (χ1) is 12.5. The molecule has 0 atom stereocenters. The van der Waals surface area contributed by atoms with Crippen molar-refractivity contribution in [3.8, 4) is 5.75 Å². The normalized spacial score (nSPS) is 16.2. The molecule has 0 aromatic heterocycles. The Bertz CT molecular complexity index is 622. The topological polar surface area (TPSA) is 66.0 Å². The smallest absolute Gasteiger partial charge is 0.230 e. The maximum Gasteiger partial charge on any atom is 0.230 e. The van der Waals surface area contributed by atoms with Crippen LogP contribution in [0.3, 0.4) is 0 Å². The van der Waals surface area contributed by atoms with Crippen molar-refractivity contribution in [2.24, 2.45) is 10.4 Å². The van der Waals surface area contributed by atoms with Gasteiger partial charge in [-0.25, -0.2) is 0 Å². The fraction of sp³-hybridized carbons (Fsp3) is 0.600. The van der Waals surface area contributed by atoms with Gasteiger partial charge in [-0.3, -0.25) is 9.79 Å². The van der Waals surface area contributed by atoms with Crippen LogP contribution in [0.2, 0.25) is 0 Å². The predicted octanol–water partition coefficient (Wildman–Crippen LogP) is 2.40. The number of rotatable bonds is 7. The Morgan fingerprint density at radius 1 is 1.27 bits per heavy atom. The summed E-state index contributed by atoms with van der Waals surface area (Å²) in [6.07, 6.45) is 4.09. The van der Waals surface area contributed by atoms with Gasteiger partial charge in [0.15, 0.2) is 5.96 Å². The summed E-state index contributed by atoms with van der Waals surface area (Å²) in [5.74, 6) is 1.79. The minimum Gasteiger partial charge on any atom is -0.494 e. The van der Waals surface area contributed by atoms with Crippen LogP contribution in [-0.4, -0.2) is 51.1 Å². The molecule has 1 amide bonds. The van der Waals surface area contributed by atoms with E-state index in [2.05, 4.69) is 21.7 Å². The van der Waals surface area contributed by atoms with Crippen molar-refractivity contribution >= 4 is 11.9 Å². The van der Waals surface area contributed by atoms with Crippen LogP contribution >= 0.6 is 0 Å². The molecule has 0 unspecified atom stereocenters. The molecular weight excluding hydrogens is 328 g/mol. The summed E-state index contributed by atoms with van der Waals surface area (Å²) in [5.41, 5.74) is 0.814. The Hall–Kier alpha value is -2.24. The van der Waals surface area contributed by atoms with Crippen molar-refractivity contribution in [2.45, 2.75) is 39.2 Å². The summed E-state index contributed by atoms with van der Waals surface area (Å²) in [4.78, 5) is 18.7. The Morgan fingerprint density at radius 3 is 2.62 bits per heavy atom. The maximum absolute atomic E-state index is 12.7. The summed E-state index contributed by atoms with van der Waals surface area (Å²) in [6, 6.07) is 8.02. The zero-order valence-corrected chi connectivity index (χ0v) is 16.5. The van der Waals surface area contributed by atoms with E-state index in [1.165, 1.54) is 0 Å². The number of hydrogen-bond acceptors (Lipinski definition) is 3. The number of benzene rings is 1. The highest BCUT2D eigenvalue weighted by molar-refractivity contribution is 5.85. The lowest BCUT2D eigenvalue weighted by Crippen LogP contribution is -2.49. The number of amides is 1. The molecule has 6 nitrogen and oxygen atoms in total. The fourth-order valence-electron chi connectivity index (χ4n) is 3.56. The van der Waals surface area contributed by atoms with Crippen molar-refractivity contribution in [3.63, 3.8) is 0 Å². The van der Waals surface area contributed by atoms with Gasteiger partial charge in [0.2, 0.25) is 5.91 Å². The minimum atomic E-state index is -0.310. The van der Waals surface area contributed by atoms with Gasteiger partial charge in [0.1, 0.15) is 5.75 Å². The Labute approximate surface area is 157 Å². The third-order valence-electron chi connectivity index (χ3n) is 4.91. The maximum atomic E-state index is 12.7. The van der Waals surface area contributed by atoms with Crippen LogP contribution in [0, 0.1) is 5.41 Å². The summed E-state index contributed by atoms with van der Waals surface area (Å²) < 4.78 is 5.54. The Kier molecular flexibility index (Phi) is 7.30. The van der Waals surface area contributed by atoms with Crippen LogP contribution in [0.5, 0.6) is 5.75 Å². The number of hydrogen-bond donors (Lipinski definition) is 2. The average Bonchev–Trinajstić information content (AvgIpc) is 3.12. The standard InChI is InChI=1S/C20H32N4O2/c1-5-26-17-10-8-9-16(13-17)14-22-19(21-2)23-15-20(11-6-7-12-20)18(25)24(3)4/h8-10,13H,5-7,11-12,14-15H2,1-4H3,(H2,21,22,23). The van der Waals surface area contributed by atoms with E-state index >= 15 is 0 Å². The van der Waals surface area contributed by atoms with Gasteiger partial charge in [0, 0.05) is 34.2 Å². The average molecular weight is 361 g/mol. The van der Waals surface area contributed by atoms with Crippen LogP contribution < -0.4 is 15.4 Å². The van der Waals surface area contributed by atoms with Crippen LogP contribution in [-0.2, 0) is 11.3 Å². The monoisotopic (exact) mass is 360 g/mol. The molecule has 1 aliphatic carbocycles. The minimum absolute atomic E-state index is 0.211. The first-order valence-corrected chi connectivity index (χ1v) is 9.39. The van der Waals surface area contributed by atoms with E-state index in [-0.39, 0.29) is 11.3 Å². The molecule has 1 aromatic rings. The second-order valence-electron chi connectivity index (χ2n) is 7.05. The zero-order valence-electron chi connectivity index (χ0n) is 16.5. The van der Waals surface area contributed by atoms with Crippen LogP contribution in [0.4, 0.5) is 0 Å². The molecule has 0 radical (unpaired) electrons. The Balaban J connectivity index is 1.93. The fourth-order valence-corrected chi connectivity index (χ4v) is 3.56. The van der Waals surface area contributed by atoms with E-state index in [9.17, 15) is 4.79 Å². The van der Waals surface area contributed by atoms with Crippen molar-refractivity contribution < 1.29 is 9.53 Å². The van der Waals surface area contributed by atoms with Crippen LogP contribution in [0.25, 0.3) is 0 Å². The molecule has 2 rings (SSSR count). The molecule has 26 heavy (non-hydrogen) atoms. The van der Waals surface area contributed by atoms with E-state index in [1.807, 2.05) is 39.2 Å². The molecule has 0 heterocycles. The lowest BCUT2D eigenvalue weighted by atomic mass is 9.84. The predicted molar refractivity (Wildman–Crippen MR) is 105 cm³/mol. The van der Waals surface area contributed by atoms with Crippen molar-refractivity contribution in [3.05, 3.63) is 29.8 Å². The zero-order chi connectivity index (χ0) is 19.0. The molecular formula is C20H32N4O2. The first-order valence-electron chi connectivity index (χ1n) is 9.39. The number of guanidine groups is 1. The van der Waals surface area contributed by atoms with Gasteiger partial charge in [-0.15, -0.1) is 0 Å². The van der Waals surface area contributed by atoms with E-state index in [4.69, 9.17) is 4.74 Å². The Morgan fingerprint density at radius 2 is 2.00 bits per heavy atom. The van der Waals surface area contributed by atoms with Gasteiger partial charge in [0.25, 0.3) is 0 Å². The number of nitrogens with zero attached hydrogens (tertiary/aromatic N) is 2.